The van der Waals surface area contributed by atoms with E-state index in [-0.39, 0.29) is 18.0 Å². The van der Waals surface area contributed by atoms with Crippen LogP contribution in [0.25, 0.3) is 0 Å². The van der Waals surface area contributed by atoms with Gasteiger partial charge < -0.3 is 4.90 Å². The topological polar surface area (TPSA) is 79.0 Å². The van der Waals surface area contributed by atoms with E-state index in [1.165, 1.54) is 0 Å². The predicted molar refractivity (Wildman–Crippen MR) is 91.9 cm³/mol. The van der Waals surface area contributed by atoms with Crippen LogP contribution in [0, 0.1) is 32.1 Å². The molecular weight excluding hydrogens is 304 g/mol. The lowest BCUT2D eigenvalue weighted by molar-refractivity contribution is -0.119. The third-order valence-corrected chi connectivity index (χ3v) is 4.06. The van der Waals surface area contributed by atoms with Crippen molar-refractivity contribution in [3.63, 3.8) is 0 Å². The van der Waals surface area contributed by atoms with Gasteiger partial charge in [0.2, 0.25) is 5.91 Å². The monoisotopic (exact) mass is 324 g/mol. The molecule has 2 rings (SSSR count). The highest BCUT2D eigenvalue weighted by atomic mass is 16.2. The van der Waals surface area contributed by atoms with Crippen molar-refractivity contribution in [3.8, 4) is 6.07 Å². The second-order valence-corrected chi connectivity index (χ2v) is 5.58. The van der Waals surface area contributed by atoms with Gasteiger partial charge in [-0.2, -0.15) is 10.4 Å². The van der Waals surface area contributed by atoms with E-state index in [9.17, 15) is 9.59 Å². The van der Waals surface area contributed by atoms with Crippen LogP contribution >= 0.6 is 0 Å². The maximum Gasteiger partial charge on any atom is 0.285 e. The molecule has 1 aromatic carbocycles. The van der Waals surface area contributed by atoms with Crippen molar-refractivity contribution < 1.29 is 4.79 Å². The Hall–Kier alpha value is -2.94. The van der Waals surface area contributed by atoms with Gasteiger partial charge in [-0.05, 0) is 44.9 Å². The molecule has 0 atom stereocenters. The summed E-state index contributed by atoms with van der Waals surface area (Å²) in [5.74, 6) is -0.242. The van der Waals surface area contributed by atoms with Crippen LogP contribution in [0.3, 0.4) is 0 Å². The molecule has 0 aliphatic carbocycles. The summed E-state index contributed by atoms with van der Waals surface area (Å²) in [7, 11) is 0. The Labute approximate surface area is 141 Å². The summed E-state index contributed by atoms with van der Waals surface area (Å²) in [5.41, 5.74) is 2.41. The number of para-hydroxylation sites is 1. The Morgan fingerprint density at radius 2 is 1.96 bits per heavy atom. The Morgan fingerprint density at radius 1 is 1.29 bits per heavy atom. The molecule has 6 nitrogen and oxygen atoms in total. The van der Waals surface area contributed by atoms with Crippen LogP contribution in [0.2, 0.25) is 0 Å². The minimum atomic E-state index is -0.533. The molecule has 124 valence electrons. The van der Waals surface area contributed by atoms with E-state index in [0.717, 1.165) is 15.9 Å². The third kappa shape index (κ3) is 3.20. The van der Waals surface area contributed by atoms with Gasteiger partial charge in [0.05, 0.1) is 5.69 Å². The normalized spacial score (nSPS) is 10.3. The Morgan fingerprint density at radius 3 is 2.54 bits per heavy atom. The maximum absolute atomic E-state index is 12.7. The smallest absolute Gasteiger partial charge is 0.285 e. The van der Waals surface area contributed by atoms with E-state index in [4.69, 9.17) is 5.26 Å². The number of rotatable bonds is 4. The summed E-state index contributed by atoms with van der Waals surface area (Å²) in [5, 5.41) is 13.3. The van der Waals surface area contributed by atoms with E-state index in [2.05, 4.69) is 5.10 Å². The molecule has 1 heterocycles. The second kappa shape index (κ2) is 7.09. The summed E-state index contributed by atoms with van der Waals surface area (Å²) in [6.07, 6.45) is 0. The van der Waals surface area contributed by atoms with Gasteiger partial charge in [0.1, 0.15) is 18.2 Å². The second-order valence-electron chi connectivity index (χ2n) is 5.58. The van der Waals surface area contributed by atoms with Crippen LogP contribution in [0.1, 0.15) is 29.3 Å². The fourth-order valence-corrected chi connectivity index (χ4v) is 2.57. The molecule has 0 aliphatic heterocycles. The van der Waals surface area contributed by atoms with E-state index >= 15 is 0 Å². The number of anilines is 1. The quantitative estimate of drug-likeness (QED) is 0.862. The molecular formula is C18H20N4O2. The number of carbonyl (C=O) groups is 1. The average Bonchev–Trinajstić information content (AvgIpc) is 2.55. The highest BCUT2D eigenvalue weighted by Gasteiger charge is 2.19. The van der Waals surface area contributed by atoms with Gasteiger partial charge in [-0.1, -0.05) is 18.2 Å². The number of hydrogen-bond donors (Lipinski definition) is 0. The van der Waals surface area contributed by atoms with Gasteiger partial charge in [-0.15, -0.1) is 0 Å². The molecule has 0 unspecified atom stereocenters. The van der Waals surface area contributed by atoms with E-state index < -0.39 is 5.56 Å². The summed E-state index contributed by atoms with van der Waals surface area (Å²) >= 11 is 0. The molecule has 0 spiro atoms. The number of nitrogens with zero attached hydrogens (tertiary/aromatic N) is 4. The Kier molecular flexibility index (Phi) is 5.14. The number of carbonyl (C=O) groups excluding carboxylic acids is 1. The number of aromatic nitrogens is 2. The number of amides is 1. The van der Waals surface area contributed by atoms with Gasteiger partial charge >= 0.3 is 0 Å². The zero-order valence-corrected chi connectivity index (χ0v) is 14.3. The first kappa shape index (κ1) is 17.4. The largest absolute Gasteiger partial charge is 0.311 e. The number of likely N-dealkylation sites (N-methyl/N-ethyl adjacent to an activating group) is 1. The molecule has 0 N–H and O–H groups in total. The zero-order valence-electron chi connectivity index (χ0n) is 14.3. The SMILES string of the molecule is CCN(C(=O)Cn1nc(C)c(C)c(C#N)c1=O)c1ccccc1C. The molecule has 24 heavy (non-hydrogen) atoms. The Balaban J connectivity index is 2.39. The van der Waals surface area contributed by atoms with Crippen molar-refractivity contribution in [3.05, 3.63) is 57.0 Å². The summed E-state index contributed by atoms with van der Waals surface area (Å²) in [4.78, 5) is 26.6. The van der Waals surface area contributed by atoms with Crippen LogP contribution in [-0.2, 0) is 11.3 Å². The number of aryl methyl sites for hydroxylation is 2. The van der Waals surface area contributed by atoms with Crippen molar-refractivity contribution in [1.82, 2.24) is 9.78 Å². The standard InChI is InChI=1S/C18H20N4O2/c1-5-21(16-9-7-6-8-12(16)2)17(23)11-22-18(24)15(10-19)13(3)14(4)20-22/h6-9H,5,11H2,1-4H3. The van der Waals surface area contributed by atoms with Gasteiger partial charge in [0.25, 0.3) is 5.56 Å². The van der Waals surface area contributed by atoms with Crippen molar-refractivity contribution in [2.24, 2.45) is 0 Å². The van der Waals surface area contributed by atoms with Crippen molar-refractivity contribution in [1.29, 1.82) is 5.26 Å². The van der Waals surface area contributed by atoms with E-state index in [1.54, 1.807) is 18.7 Å². The summed E-state index contributed by atoms with van der Waals surface area (Å²) in [6.45, 7) is 7.49. The van der Waals surface area contributed by atoms with Gasteiger partial charge in [0, 0.05) is 12.2 Å². The molecule has 0 bridgehead atoms. The average molecular weight is 324 g/mol. The predicted octanol–water partition coefficient (Wildman–Crippen LogP) is 2.09. The molecule has 0 fully saturated rings. The lowest BCUT2D eigenvalue weighted by atomic mass is 10.1. The molecule has 0 radical (unpaired) electrons. The van der Waals surface area contributed by atoms with Crippen LogP contribution in [-0.4, -0.2) is 22.2 Å². The van der Waals surface area contributed by atoms with E-state index in [1.807, 2.05) is 44.2 Å². The maximum atomic E-state index is 12.7. The summed E-state index contributed by atoms with van der Waals surface area (Å²) in [6, 6.07) is 9.48. The first-order valence-corrected chi connectivity index (χ1v) is 7.75. The fraction of sp³-hybridized carbons (Fsp3) is 0.333. The van der Waals surface area contributed by atoms with Crippen LogP contribution < -0.4 is 10.5 Å². The lowest BCUT2D eigenvalue weighted by Crippen LogP contribution is -2.38. The minimum Gasteiger partial charge on any atom is -0.311 e. The zero-order chi connectivity index (χ0) is 17.9. The molecule has 0 aliphatic rings. The molecule has 1 aromatic heterocycles. The molecule has 0 saturated carbocycles. The lowest BCUT2D eigenvalue weighted by Gasteiger charge is -2.23. The third-order valence-electron chi connectivity index (χ3n) is 4.06. The summed E-state index contributed by atoms with van der Waals surface area (Å²) < 4.78 is 1.07. The van der Waals surface area contributed by atoms with Crippen LogP contribution in [0.4, 0.5) is 5.69 Å². The highest BCUT2D eigenvalue weighted by molar-refractivity contribution is 5.93. The number of nitriles is 1. The molecule has 0 saturated heterocycles. The minimum absolute atomic E-state index is 0.0363. The van der Waals surface area contributed by atoms with Crippen molar-refractivity contribution in [2.45, 2.75) is 34.2 Å². The van der Waals surface area contributed by atoms with Gasteiger partial charge in [-0.3, -0.25) is 9.59 Å². The molecule has 1 amide bonds. The molecule has 2 aromatic rings. The van der Waals surface area contributed by atoms with Gasteiger partial charge in [-0.25, -0.2) is 4.68 Å². The van der Waals surface area contributed by atoms with Crippen LogP contribution in [0.5, 0.6) is 0 Å². The Bertz CT molecular complexity index is 878. The van der Waals surface area contributed by atoms with E-state index in [0.29, 0.717) is 17.8 Å². The fourth-order valence-electron chi connectivity index (χ4n) is 2.57. The van der Waals surface area contributed by atoms with Crippen molar-refractivity contribution in [2.75, 3.05) is 11.4 Å². The highest BCUT2D eigenvalue weighted by Crippen LogP contribution is 2.19. The van der Waals surface area contributed by atoms with Crippen molar-refractivity contribution >= 4 is 11.6 Å². The van der Waals surface area contributed by atoms with Gasteiger partial charge in [0.15, 0.2) is 0 Å². The number of benzene rings is 1. The van der Waals surface area contributed by atoms with Crippen LogP contribution in [0.15, 0.2) is 29.1 Å². The first-order chi connectivity index (χ1) is 11.4. The first-order valence-electron chi connectivity index (χ1n) is 7.75. The number of hydrogen-bond acceptors (Lipinski definition) is 4. The molecule has 6 heteroatoms.